The number of rotatable bonds is 6. The number of methoxy groups -OCH3 is 1. The molecule has 5 nitrogen and oxygen atoms in total. The monoisotopic (exact) mass is 319 g/mol. The highest BCUT2D eigenvalue weighted by molar-refractivity contribution is 5.87. The molecule has 1 unspecified atom stereocenters. The zero-order valence-electron chi connectivity index (χ0n) is 13.8. The fourth-order valence-corrected chi connectivity index (χ4v) is 3.21. The zero-order valence-corrected chi connectivity index (χ0v) is 13.8. The molecule has 1 aliphatic carbocycles. The molecule has 0 radical (unpaired) electrons. The summed E-state index contributed by atoms with van der Waals surface area (Å²) in [6.07, 6.45) is 4.02. The lowest BCUT2D eigenvalue weighted by Crippen LogP contribution is -2.55. The summed E-state index contributed by atoms with van der Waals surface area (Å²) < 4.78 is 5.20. The van der Waals surface area contributed by atoms with Gasteiger partial charge in [-0.1, -0.05) is 38.3 Å². The number of carboxylic acids is 1. The lowest BCUT2D eigenvalue weighted by Gasteiger charge is -2.34. The van der Waals surface area contributed by atoms with Crippen LogP contribution in [0.3, 0.4) is 0 Å². The molecule has 0 spiro atoms. The molecule has 2 N–H and O–H groups in total. The van der Waals surface area contributed by atoms with Gasteiger partial charge in [0.25, 0.3) is 0 Å². The first-order valence-electron chi connectivity index (χ1n) is 8.15. The van der Waals surface area contributed by atoms with E-state index >= 15 is 0 Å². The van der Waals surface area contributed by atoms with Crippen LogP contribution >= 0.6 is 0 Å². The van der Waals surface area contributed by atoms with Gasteiger partial charge in [0.1, 0.15) is 11.3 Å². The molecule has 1 aromatic carbocycles. The van der Waals surface area contributed by atoms with Gasteiger partial charge in [0.15, 0.2) is 0 Å². The first-order chi connectivity index (χ1) is 11.0. The number of carboxylic acid groups (broad SMARTS) is 1. The molecule has 1 saturated carbocycles. The molecule has 0 aliphatic heterocycles. The van der Waals surface area contributed by atoms with Crippen molar-refractivity contribution in [3.05, 3.63) is 29.8 Å². The number of aliphatic carboxylic acids is 1. The highest BCUT2D eigenvalue weighted by atomic mass is 16.5. The van der Waals surface area contributed by atoms with Gasteiger partial charge in [-0.3, -0.25) is 4.79 Å². The van der Waals surface area contributed by atoms with Gasteiger partial charge in [0.05, 0.1) is 7.11 Å². The second kappa shape index (κ2) is 7.49. The molecule has 0 saturated heterocycles. The van der Waals surface area contributed by atoms with E-state index in [4.69, 9.17) is 4.74 Å². The molecule has 1 aromatic rings. The average Bonchev–Trinajstić information content (AvgIpc) is 2.55. The largest absolute Gasteiger partial charge is 0.497 e. The van der Waals surface area contributed by atoms with Crippen LogP contribution in [0.4, 0.5) is 0 Å². The van der Waals surface area contributed by atoms with Crippen molar-refractivity contribution in [2.45, 2.75) is 56.9 Å². The molecule has 1 aliphatic rings. The van der Waals surface area contributed by atoms with Crippen molar-refractivity contribution in [2.75, 3.05) is 7.11 Å². The van der Waals surface area contributed by atoms with E-state index in [-0.39, 0.29) is 18.2 Å². The molecule has 2 rings (SSSR count). The Bertz CT molecular complexity index is 564. The minimum Gasteiger partial charge on any atom is -0.497 e. The van der Waals surface area contributed by atoms with E-state index in [9.17, 15) is 14.7 Å². The second-order valence-corrected chi connectivity index (χ2v) is 6.38. The van der Waals surface area contributed by atoms with Crippen LogP contribution in [0.1, 0.15) is 56.9 Å². The van der Waals surface area contributed by atoms with Crippen molar-refractivity contribution in [1.29, 1.82) is 0 Å². The van der Waals surface area contributed by atoms with Crippen LogP contribution in [0.5, 0.6) is 5.75 Å². The molecule has 0 bridgehead atoms. The first-order valence-corrected chi connectivity index (χ1v) is 8.15. The normalized spacial score (nSPS) is 18.0. The van der Waals surface area contributed by atoms with E-state index in [0.717, 1.165) is 30.6 Å². The Morgan fingerprint density at radius 2 is 2.00 bits per heavy atom. The quantitative estimate of drug-likeness (QED) is 0.845. The van der Waals surface area contributed by atoms with Crippen LogP contribution in [0.2, 0.25) is 0 Å². The highest BCUT2D eigenvalue weighted by Gasteiger charge is 2.40. The SMILES string of the molecule is COc1cccc(C(C)CC(=O)NC2(C(=O)O)CCCCC2)c1. The highest BCUT2D eigenvalue weighted by Crippen LogP contribution is 2.29. The number of hydrogen-bond donors (Lipinski definition) is 2. The second-order valence-electron chi connectivity index (χ2n) is 6.38. The van der Waals surface area contributed by atoms with Gasteiger partial charge in [-0.2, -0.15) is 0 Å². The fraction of sp³-hybridized carbons (Fsp3) is 0.556. The molecule has 23 heavy (non-hydrogen) atoms. The standard InChI is InChI=1S/C18H25NO4/c1-13(14-7-6-8-15(12-14)23-2)11-16(20)19-18(17(21)22)9-4-3-5-10-18/h6-8,12-13H,3-5,9-11H2,1-2H3,(H,19,20)(H,21,22). The maximum Gasteiger partial charge on any atom is 0.329 e. The number of carbonyl (C=O) groups is 2. The number of hydrogen-bond acceptors (Lipinski definition) is 3. The summed E-state index contributed by atoms with van der Waals surface area (Å²) in [5.74, 6) is -0.368. The minimum absolute atomic E-state index is 0.000430. The van der Waals surface area contributed by atoms with Crippen molar-refractivity contribution in [3.63, 3.8) is 0 Å². The third kappa shape index (κ3) is 4.24. The number of benzene rings is 1. The van der Waals surface area contributed by atoms with Crippen LogP contribution in [0.15, 0.2) is 24.3 Å². The van der Waals surface area contributed by atoms with Gasteiger partial charge in [-0.05, 0) is 36.5 Å². The number of carbonyl (C=O) groups excluding carboxylic acids is 1. The number of ether oxygens (including phenoxy) is 1. The lowest BCUT2D eigenvalue weighted by atomic mass is 9.81. The summed E-state index contributed by atoms with van der Waals surface area (Å²) in [6.45, 7) is 1.96. The number of amides is 1. The Morgan fingerprint density at radius 3 is 2.61 bits per heavy atom. The van der Waals surface area contributed by atoms with Crippen LogP contribution in [-0.4, -0.2) is 29.6 Å². The summed E-state index contributed by atoms with van der Waals surface area (Å²) in [5, 5.41) is 12.3. The van der Waals surface area contributed by atoms with Crippen molar-refractivity contribution in [1.82, 2.24) is 5.32 Å². The molecule has 1 fully saturated rings. The molecule has 1 atom stereocenters. The predicted molar refractivity (Wildman–Crippen MR) is 87.6 cm³/mol. The summed E-state index contributed by atoms with van der Waals surface area (Å²) in [4.78, 5) is 24.0. The molecule has 1 amide bonds. The Kier molecular flexibility index (Phi) is 5.64. The van der Waals surface area contributed by atoms with E-state index in [0.29, 0.717) is 12.8 Å². The summed E-state index contributed by atoms with van der Waals surface area (Å²) in [5.41, 5.74) is -0.0730. The summed E-state index contributed by atoms with van der Waals surface area (Å²) in [6, 6.07) is 7.61. The predicted octanol–water partition coefficient (Wildman–Crippen LogP) is 3.09. The van der Waals surface area contributed by atoms with Crippen LogP contribution < -0.4 is 10.1 Å². The van der Waals surface area contributed by atoms with Crippen molar-refractivity contribution >= 4 is 11.9 Å². The molecular weight excluding hydrogens is 294 g/mol. The third-order valence-corrected chi connectivity index (χ3v) is 4.65. The van der Waals surface area contributed by atoms with E-state index < -0.39 is 11.5 Å². The van der Waals surface area contributed by atoms with Crippen molar-refractivity contribution in [2.24, 2.45) is 0 Å². The van der Waals surface area contributed by atoms with Crippen LogP contribution in [-0.2, 0) is 9.59 Å². The molecular formula is C18H25NO4. The summed E-state index contributed by atoms with van der Waals surface area (Å²) >= 11 is 0. The lowest BCUT2D eigenvalue weighted by molar-refractivity contribution is -0.149. The van der Waals surface area contributed by atoms with Gasteiger partial charge >= 0.3 is 5.97 Å². The Balaban J connectivity index is 2.01. The minimum atomic E-state index is -1.08. The molecule has 5 heteroatoms. The van der Waals surface area contributed by atoms with Crippen LogP contribution in [0.25, 0.3) is 0 Å². The maximum absolute atomic E-state index is 12.4. The topological polar surface area (TPSA) is 75.6 Å². The van der Waals surface area contributed by atoms with E-state index in [2.05, 4.69) is 5.32 Å². The first kappa shape index (κ1) is 17.3. The Morgan fingerprint density at radius 1 is 1.30 bits per heavy atom. The van der Waals surface area contributed by atoms with E-state index in [1.54, 1.807) is 7.11 Å². The Labute approximate surface area is 137 Å². The van der Waals surface area contributed by atoms with E-state index in [1.807, 2.05) is 31.2 Å². The smallest absolute Gasteiger partial charge is 0.329 e. The van der Waals surface area contributed by atoms with Gasteiger partial charge in [-0.15, -0.1) is 0 Å². The molecule has 126 valence electrons. The van der Waals surface area contributed by atoms with Gasteiger partial charge in [0, 0.05) is 6.42 Å². The van der Waals surface area contributed by atoms with Gasteiger partial charge in [-0.25, -0.2) is 4.79 Å². The van der Waals surface area contributed by atoms with Crippen molar-refractivity contribution in [3.8, 4) is 5.75 Å². The maximum atomic E-state index is 12.4. The van der Waals surface area contributed by atoms with E-state index in [1.165, 1.54) is 0 Å². The van der Waals surface area contributed by atoms with Gasteiger partial charge in [0.2, 0.25) is 5.91 Å². The number of nitrogens with one attached hydrogen (secondary N) is 1. The molecule has 0 aromatic heterocycles. The Hall–Kier alpha value is -2.04. The molecule has 0 heterocycles. The summed E-state index contributed by atoms with van der Waals surface area (Å²) in [7, 11) is 1.61. The van der Waals surface area contributed by atoms with Gasteiger partial charge < -0.3 is 15.2 Å². The fourth-order valence-electron chi connectivity index (χ4n) is 3.21. The third-order valence-electron chi connectivity index (χ3n) is 4.65. The zero-order chi connectivity index (χ0) is 16.9. The average molecular weight is 319 g/mol. The van der Waals surface area contributed by atoms with Crippen molar-refractivity contribution < 1.29 is 19.4 Å². The van der Waals surface area contributed by atoms with Crippen LogP contribution in [0, 0.1) is 0 Å².